The molecule has 0 spiro atoms. The maximum Gasteiger partial charge on any atom is 0.0333 e. The number of alkyl halides is 1. The van der Waals surface area contributed by atoms with Gasteiger partial charge in [-0.1, -0.05) is 27.7 Å². The second-order valence-corrected chi connectivity index (χ2v) is 4.72. The molecule has 0 N–H and O–H groups in total. The average Bonchev–Trinajstić information content (AvgIpc) is 1.81. The second-order valence-electron chi connectivity index (χ2n) is 4.10. The van der Waals surface area contributed by atoms with Gasteiger partial charge in [0.25, 0.3) is 0 Å². The molecule has 62 valence electrons. The van der Waals surface area contributed by atoms with Crippen LogP contribution in [0.4, 0.5) is 0 Å². The van der Waals surface area contributed by atoms with Gasteiger partial charge in [-0.15, -0.1) is 11.6 Å². The molecule has 0 radical (unpaired) electrons. The Morgan fingerprint density at radius 2 is 1.80 bits per heavy atom. The first-order valence-corrected chi connectivity index (χ1v) is 4.53. The summed E-state index contributed by atoms with van der Waals surface area (Å²) < 4.78 is 0. The van der Waals surface area contributed by atoms with E-state index in [1.54, 1.807) is 0 Å². The van der Waals surface area contributed by atoms with Gasteiger partial charge in [-0.2, -0.15) is 0 Å². The number of halogens is 1. The van der Waals surface area contributed by atoms with Crippen LogP contribution in [0.5, 0.6) is 0 Å². The summed E-state index contributed by atoms with van der Waals surface area (Å²) in [4.78, 5) is 0. The van der Waals surface area contributed by atoms with Crippen molar-refractivity contribution < 1.29 is 0 Å². The fraction of sp³-hybridized carbons (Fsp3) is 1.00. The molecule has 0 saturated carbocycles. The molecule has 0 nitrogen and oxygen atoms in total. The number of hydrogen-bond donors (Lipinski definition) is 0. The minimum absolute atomic E-state index is 0.388. The van der Waals surface area contributed by atoms with Crippen molar-refractivity contribution >= 4 is 11.6 Å². The highest BCUT2D eigenvalue weighted by molar-refractivity contribution is 6.20. The molecule has 0 saturated heterocycles. The van der Waals surface area contributed by atoms with E-state index in [4.69, 9.17) is 11.6 Å². The Hall–Kier alpha value is 0.290. The minimum Gasteiger partial charge on any atom is -0.123 e. The van der Waals surface area contributed by atoms with Crippen LogP contribution >= 0.6 is 11.6 Å². The Morgan fingerprint density at radius 1 is 1.30 bits per heavy atom. The Morgan fingerprint density at radius 3 is 2.10 bits per heavy atom. The normalized spacial score (nSPS) is 15.3. The van der Waals surface area contributed by atoms with Gasteiger partial charge in [0.1, 0.15) is 0 Å². The van der Waals surface area contributed by atoms with Crippen molar-refractivity contribution in [2.45, 2.75) is 52.3 Å². The fourth-order valence-electron chi connectivity index (χ4n) is 0.794. The molecule has 0 aliphatic rings. The summed E-state index contributed by atoms with van der Waals surface area (Å²) in [6, 6.07) is 0. The molecule has 0 aliphatic carbocycles. The van der Waals surface area contributed by atoms with Crippen LogP contribution in [-0.2, 0) is 0 Å². The summed E-state index contributed by atoms with van der Waals surface area (Å²) >= 11 is 5.97. The van der Waals surface area contributed by atoms with Gasteiger partial charge in [0, 0.05) is 5.38 Å². The van der Waals surface area contributed by atoms with E-state index in [0.717, 1.165) is 12.8 Å². The Balaban J connectivity index is 3.36. The third-order valence-electron chi connectivity index (χ3n) is 1.65. The largest absolute Gasteiger partial charge is 0.123 e. The minimum atomic E-state index is 0.388. The van der Waals surface area contributed by atoms with Gasteiger partial charge in [-0.25, -0.2) is 0 Å². The molecule has 0 fully saturated rings. The topological polar surface area (TPSA) is 0 Å². The van der Waals surface area contributed by atoms with Gasteiger partial charge in [0.2, 0.25) is 0 Å². The number of hydrogen-bond acceptors (Lipinski definition) is 0. The molecule has 0 aliphatic heterocycles. The lowest BCUT2D eigenvalue weighted by atomic mass is 9.89. The third-order valence-corrected chi connectivity index (χ3v) is 2.18. The lowest BCUT2D eigenvalue weighted by Gasteiger charge is -2.19. The van der Waals surface area contributed by atoms with Crippen molar-refractivity contribution in [3.63, 3.8) is 0 Å². The van der Waals surface area contributed by atoms with Crippen LogP contribution in [0.2, 0.25) is 0 Å². The highest BCUT2D eigenvalue weighted by Crippen LogP contribution is 2.23. The quantitative estimate of drug-likeness (QED) is 0.554. The van der Waals surface area contributed by atoms with Crippen molar-refractivity contribution in [2.75, 3.05) is 0 Å². The third kappa shape index (κ3) is 6.41. The van der Waals surface area contributed by atoms with Crippen molar-refractivity contribution in [2.24, 2.45) is 5.41 Å². The molecule has 1 heteroatoms. The summed E-state index contributed by atoms with van der Waals surface area (Å²) in [6.07, 6.45) is 3.48. The van der Waals surface area contributed by atoms with E-state index in [0.29, 0.717) is 10.8 Å². The standard InChI is InChI=1S/C9H19Cl/c1-5-8(10)6-7-9(2,3)4/h8H,5-7H2,1-4H3. The van der Waals surface area contributed by atoms with Crippen LogP contribution in [0.25, 0.3) is 0 Å². The number of rotatable bonds is 3. The van der Waals surface area contributed by atoms with Crippen LogP contribution in [0.1, 0.15) is 47.0 Å². The SMILES string of the molecule is CCC(Cl)CCC(C)(C)C. The molecule has 0 aromatic rings. The van der Waals surface area contributed by atoms with Crippen LogP contribution in [0, 0.1) is 5.41 Å². The maximum atomic E-state index is 5.97. The molecular formula is C9H19Cl. The van der Waals surface area contributed by atoms with E-state index in [1.165, 1.54) is 6.42 Å². The maximum absolute atomic E-state index is 5.97. The van der Waals surface area contributed by atoms with Gasteiger partial charge < -0.3 is 0 Å². The lowest BCUT2D eigenvalue weighted by molar-refractivity contribution is 0.361. The van der Waals surface area contributed by atoms with Crippen LogP contribution in [-0.4, -0.2) is 5.38 Å². The predicted octanol–water partition coefficient (Wildman–Crippen LogP) is 3.83. The summed E-state index contributed by atoms with van der Waals surface area (Å²) in [5.41, 5.74) is 0.447. The van der Waals surface area contributed by atoms with E-state index in [1.807, 2.05) is 0 Å². The van der Waals surface area contributed by atoms with Gasteiger partial charge in [0.05, 0.1) is 0 Å². The molecule has 1 unspecified atom stereocenters. The molecule has 10 heavy (non-hydrogen) atoms. The molecule has 0 aromatic carbocycles. The molecule has 0 heterocycles. The first-order chi connectivity index (χ1) is 4.45. The van der Waals surface area contributed by atoms with E-state index in [9.17, 15) is 0 Å². The summed E-state index contributed by atoms with van der Waals surface area (Å²) in [5.74, 6) is 0. The zero-order chi connectivity index (χ0) is 8.20. The van der Waals surface area contributed by atoms with Crippen molar-refractivity contribution in [3.05, 3.63) is 0 Å². The van der Waals surface area contributed by atoms with Gasteiger partial charge in [0.15, 0.2) is 0 Å². The van der Waals surface area contributed by atoms with Crippen molar-refractivity contribution in [1.82, 2.24) is 0 Å². The smallest absolute Gasteiger partial charge is 0.0333 e. The Bertz CT molecular complexity index is 81.2. The van der Waals surface area contributed by atoms with Gasteiger partial charge >= 0.3 is 0 Å². The Kier molecular flexibility index (Phi) is 4.35. The van der Waals surface area contributed by atoms with Crippen LogP contribution < -0.4 is 0 Å². The molecule has 0 rings (SSSR count). The highest BCUT2D eigenvalue weighted by Gasteiger charge is 2.11. The summed E-state index contributed by atoms with van der Waals surface area (Å²) in [7, 11) is 0. The molecule has 0 aromatic heterocycles. The zero-order valence-electron chi connectivity index (χ0n) is 7.58. The molecule has 1 atom stereocenters. The monoisotopic (exact) mass is 162 g/mol. The lowest BCUT2D eigenvalue weighted by Crippen LogP contribution is -2.08. The fourth-order valence-corrected chi connectivity index (χ4v) is 0.903. The first kappa shape index (κ1) is 10.3. The van der Waals surface area contributed by atoms with Crippen molar-refractivity contribution in [1.29, 1.82) is 0 Å². The van der Waals surface area contributed by atoms with E-state index in [-0.39, 0.29) is 0 Å². The summed E-state index contributed by atoms with van der Waals surface area (Å²) in [6.45, 7) is 8.91. The average molecular weight is 163 g/mol. The van der Waals surface area contributed by atoms with Crippen molar-refractivity contribution in [3.8, 4) is 0 Å². The second kappa shape index (κ2) is 4.23. The van der Waals surface area contributed by atoms with E-state index < -0.39 is 0 Å². The Labute approximate surface area is 70.0 Å². The zero-order valence-corrected chi connectivity index (χ0v) is 8.33. The van der Waals surface area contributed by atoms with Gasteiger partial charge in [-0.3, -0.25) is 0 Å². The van der Waals surface area contributed by atoms with E-state index >= 15 is 0 Å². The first-order valence-electron chi connectivity index (χ1n) is 4.10. The predicted molar refractivity (Wildman–Crippen MR) is 48.6 cm³/mol. The molecular weight excluding hydrogens is 144 g/mol. The van der Waals surface area contributed by atoms with Gasteiger partial charge in [-0.05, 0) is 24.7 Å². The van der Waals surface area contributed by atoms with Crippen LogP contribution in [0.3, 0.4) is 0 Å². The molecule has 0 bridgehead atoms. The highest BCUT2D eigenvalue weighted by atomic mass is 35.5. The molecule has 0 amide bonds. The van der Waals surface area contributed by atoms with Crippen LogP contribution in [0.15, 0.2) is 0 Å². The van der Waals surface area contributed by atoms with E-state index in [2.05, 4.69) is 27.7 Å². The summed E-state index contributed by atoms with van der Waals surface area (Å²) in [5, 5.41) is 0.388.